The summed E-state index contributed by atoms with van der Waals surface area (Å²) in [6.07, 6.45) is 5.01. The number of esters is 2. The van der Waals surface area contributed by atoms with Crippen LogP contribution in [-0.2, 0) is 23.8 Å². The molecule has 0 radical (unpaired) electrons. The minimum absolute atomic E-state index is 0.247. The molecule has 3 aliphatic rings. The van der Waals surface area contributed by atoms with E-state index in [2.05, 4.69) is 6.58 Å². The molecular formula is C19H22O6. The Hall–Kier alpha value is -2.18. The highest BCUT2D eigenvalue weighted by Gasteiger charge is 2.46. The Morgan fingerprint density at radius 1 is 1.28 bits per heavy atom. The zero-order valence-corrected chi connectivity index (χ0v) is 14.3. The van der Waals surface area contributed by atoms with Crippen LogP contribution in [-0.4, -0.2) is 41.6 Å². The Labute approximate surface area is 146 Å². The zero-order valence-electron chi connectivity index (χ0n) is 14.3. The average molecular weight is 346 g/mol. The molecule has 25 heavy (non-hydrogen) atoms. The minimum Gasteiger partial charge on any atom is -0.458 e. The van der Waals surface area contributed by atoms with Crippen LogP contribution in [0.4, 0.5) is 0 Å². The molecule has 5 atom stereocenters. The van der Waals surface area contributed by atoms with Gasteiger partial charge in [-0.2, -0.15) is 0 Å². The van der Waals surface area contributed by atoms with Crippen molar-refractivity contribution in [2.24, 2.45) is 5.92 Å². The van der Waals surface area contributed by atoms with E-state index in [-0.39, 0.29) is 24.1 Å². The molecule has 0 amide bonds. The maximum absolute atomic E-state index is 12.1. The van der Waals surface area contributed by atoms with Crippen molar-refractivity contribution < 1.29 is 28.9 Å². The lowest BCUT2D eigenvalue weighted by Crippen LogP contribution is -2.34. The summed E-state index contributed by atoms with van der Waals surface area (Å²) in [5.74, 6) is -1.36. The smallest absolute Gasteiger partial charge is 0.334 e. The van der Waals surface area contributed by atoms with Crippen molar-refractivity contribution in [1.29, 1.82) is 0 Å². The van der Waals surface area contributed by atoms with Crippen molar-refractivity contribution in [2.75, 3.05) is 0 Å². The standard InChI is InChI=1S/C19H22O6/c1-4-5-16(20)24-14-7-10(2)6-13-8-12(19(22)23-13)9-15-17(14)11(3)18(21)25-15/h4-5,7-8,13-17,20H,3,6,9H2,1-2H3/b5-4+,10-7+/t13-,14-,15+,16?,17+/m1/s1. The quantitative estimate of drug-likeness (QED) is 0.364. The number of hydrogen-bond donors (Lipinski definition) is 1. The first-order valence-electron chi connectivity index (χ1n) is 8.34. The summed E-state index contributed by atoms with van der Waals surface area (Å²) in [5.41, 5.74) is 1.72. The van der Waals surface area contributed by atoms with E-state index in [0.29, 0.717) is 12.0 Å². The average Bonchev–Trinajstić information content (AvgIpc) is 2.98. The Morgan fingerprint density at radius 2 is 2.04 bits per heavy atom. The maximum atomic E-state index is 12.1. The summed E-state index contributed by atoms with van der Waals surface area (Å²) in [6, 6.07) is 0. The van der Waals surface area contributed by atoms with E-state index in [4.69, 9.17) is 14.2 Å². The zero-order chi connectivity index (χ0) is 18.1. The molecule has 2 bridgehead atoms. The number of aliphatic hydroxyl groups is 1. The Bertz CT molecular complexity index is 686. The summed E-state index contributed by atoms with van der Waals surface area (Å²) in [6.45, 7) is 7.51. The van der Waals surface area contributed by atoms with Crippen LogP contribution in [0.3, 0.4) is 0 Å². The van der Waals surface area contributed by atoms with Gasteiger partial charge in [-0.05, 0) is 26.0 Å². The Morgan fingerprint density at radius 3 is 2.76 bits per heavy atom. The Kier molecular flexibility index (Phi) is 4.92. The molecule has 1 saturated heterocycles. The number of ether oxygens (including phenoxy) is 3. The SMILES string of the molecule is C=C1C(=O)O[C@H]2CC3=C[C@@H](C/C(C)=C/[C@@H](OC(O)/C=C/C)[C@H]12)OC3=O. The van der Waals surface area contributed by atoms with Crippen LogP contribution in [0, 0.1) is 5.92 Å². The van der Waals surface area contributed by atoms with E-state index >= 15 is 0 Å². The molecule has 134 valence electrons. The largest absolute Gasteiger partial charge is 0.458 e. The lowest BCUT2D eigenvalue weighted by molar-refractivity contribution is -0.143. The number of allylic oxidation sites excluding steroid dienone is 1. The van der Waals surface area contributed by atoms with Gasteiger partial charge in [0.05, 0.1) is 12.0 Å². The summed E-state index contributed by atoms with van der Waals surface area (Å²) < 4.78 is 16.5. The van der Waals surface area contributed by atoms with E-state index in [1.165, 1.54) is 6.08 Å². The first-order chi connectivity index (χ1) is 11.9. The second kappa shape index (κ2) is 6.98. The molecule has 6 heteroatoms. The van der Waals surface area contributed by atoms with Crippen molar-refractivity contribution in [3.8, 4) is 0 Å². The lowest BCUT2D eigenvalue weighted by Gasteiger charge is -2.27. The summed E-state index contributed by atoms with van der Waals surface area (Å²) in [5, 5.41) is 10.0. The van der Waals surface area contributed by atoms with Crippen LogP contribution < -0.4 is 0 Å². The molecule has 0 aromatic carbocycles. The molecule has 1 N–H and O–H groups in total. The fourth-order valence-corrected chi connectivity index (χ4v) is 3.50. The number of rotatable bonds is 3. The van der Waals surface area contributed by atoms with Crippen molar-refractivity contribution in [1.82, 2.24) is 0 Å². The van der Waals surface area contributed by atoms with Gasteiger partial charge in [-0.15, -0.1) is 0 Å². The highest BCUT2D eigenvalue weighted by atomic mass is 16.6. The maximum Gasteiger partial charge on any atom is 0.334 e. The van der Waals surface area contributed by atoms with E-state index in [1.807, 2.05) is 13.0 Å². The number of fused-ring (bicyclic) bond motifs is 2. The summed E-state index contributed by atoms with van der Waals surface area (Å²) in [7, 11) is 0. The second-order valence-corrected chi connectivity index (χ2v) is 6.57. The first kappa shape index (κ1) is 17.6. The van der Waals surface area contributed by atoms with Crippen LogP contribution in [0.2, 0.25) is 0 Å². The van der Waals surface area contributed by atoms with Crippen LogP contribution in [0.25, 0.3) is 0 Å². The Balaban J connectivity index is 1.97. The third kappa shape index (κ3) is 3.60. The van der Waals surface area contributed by atoms with Gasteiger partial charge in [0.15, 0.2) is 6.29 Å². The third-order valence-corrected chi connectivity index (χ3v) is 4.63. The molecule has 3 rings (SSSR count). The minimum atomic E-state index is -1.11. The van der Waals surface area contributed by atoms with E-state index in [9.17, 15) is 14.7 Å². The highest BCUT2D eigenvalue weighted by Crippen LogP contribution is 2.38. The van der Waals surface area contributed by atoms with Gasteiger partial charge in [-0.25, -0.2) is 9.59 Å². The van der Waals surface area contributed by atoms with Gasteiger partial charge in [-0.3, -0.25) is 0 Å². The number of carbonyl (C=O) groups excluding carboxylic acids is 2. The van der Waals surface area contributed by atoms with Gasteiger partial charge < -0.3 is 19.3 Å². The number of carbonyl (C=O) groups is 2. The van der Waals surface area contributed by atoms with Gasteiger partial charge in [0.2, 0.25) is 0 Å². The normalized spacial score (nSPS) is 35.6. The molecule has 0 aromatic rings. The van der Waals surface area contributed by atoms with Crippen molar-refractivity contribution in [3.63, 3.8) is 0 Å². The molecule has 0 saturated carbocycles. The molecule has 1 unspecified atom stereocenters. The molecule has 2 aliphatic heterocycles. The predicted octanol–water partition coefficient (Wildman–Crippen LogP) is 1.96. The second-order valence-electron chi connectivity index (χ2n) is 6.57. The van der Waals surface area contributed by atoms with Crippen molar-refractivity contribution >= 4 is 11.9 Å². The van der Waals surface area contributed by atoms with Crippen molar-refractivity contribution in [3.05, 3.63) is 47.6 Å². The fraction of sp³-hybridized carbons (Fsp3) is 0.474. The third-order valence-electron chi connectivity index (χ3n) is 4.63. The number of hydrogen-bond acceptors (Lipinski definition) is 6. The molecule has 0 spiro atoms. The van der Waals surface area contributed by atoms with Crippen LogP contribution in [0.15, 0.2) is 47.6 Å². The first-order valence-corrected chi connectivity index (χ1v) is 8.34. The van der Waals surface area contributed by atoms with E-state index < -0.39 is 30.4 Å². The van der Waals surface area contributed by atoms with Gasteiger partial charge >= 0.3 is 11.9 Å². The lowest BCUT2D eigenvalue weighted by atomic mass is 9.85. The molecule has 6 nitrogen and oxygen atoms in total. The summed E-state index contributed by atoms with van der Waals surface area (Å²) in [4.78, 5) is 24.1. The highest BCUT2D eigenvalue weighted by molar-refractivity contribution is 5.93. The van der Waals surface area contributed by atoms with Crippen LogP contribution in [0.1, 0.15) is 26.7 Å². The van der Waals surface area contributed by atoms with Gasteiger partial charge in [0.1, 0.15) is 12.2 Å². The molecular weight excluding hydrogens is 324 g/mol. The monoisotopic (exact) mass is 346 g/mol. The van der Waals surface area contributed by atoms with E-state index in [1.54, 1.807) is 19.1 Å². The van der Waals surface area contributed by atoms with Crippen LogP contribution in [0.5, 0.6) is 0 Å². The molecule has 0 aromatic heterocycles. The summed E-state index contributed by atoms with van der Waals surface area (Å²) >= 11 is 0. The van der Waals surface area contributed by atoms with Gasteiger partial charge in [-0.1, -0.05) is 24.3 Å². The predicted molar refractivity (Wildman–Crippen MR) is 89.2 cm³/mol. The van der Waals surface area contributed by atoms with Crippen molar-refractivity contribution in [2.45, 2.75) is 51.3 Å². The topological polar surface area (TPSA) is 82.1 Å². The van der Waals surface area contributed by atoms with E-state index in [0.717, 1.165) is 5.57 Å². The molecule has 2 heterocycles. The van der Waals surface area contributed by atoms with Gasteiger partial charge in [0.25, 0.3) is 0 Å². The van der Waals surface area contributed by atoms with Crippen LogP contribution >= 0.6 is 0 Å². The molecule has 1 aliphatic carbocycles. The number of aliphatic hydroxyl groups excluding tert-OH is 1. The fourth-order valence-electron chi connectivity index (χ4n) is 3.50. The van der Waals surface area contributed by atoms with Gasteiger partial charge in [0, 0.05) is 24.0 Å². The molecule has 1 fully saturated rings.